The third-order valence-corrected chi connectivity index (χ3v) is 3.79. The fourth-order valence-electron chi connectivity index (χ4n) is 2.46. The Hall–Kier alpha value is -2.43. The molecule has 0 saturated heterocycles. The van der Waals surface area contributed by atoms with Crippen molar-refractivity contribution < 1.29 is 0 Å². The molecule has 0 fully saturated rings. The van der Waals surface area contributed by atoms with Crippen molar-refractivity contribution in [1.82, 2.24) is 19.8 Å². The molecule has 0 aliphatic heterocycles. The molecule has 21 heavy (non-hydrogen) atoms. The minimum absolute atomic E-state index is 0.0586. The van der Waals surface area contributed by atoms with Crippen molar-refractivity contribution in [2.45, 2.75) is 33.1 Å². The largest absolute Gasteiger partial charge is 0.295 e. The third kappa shape index (κ3) is 2.46. The van der Waals surface area contributed by atoms with Gasteiger partial charge in [0.2, 0.25) is 11.1 Å². The average Bonchev–Trinajstić information content (AvgIpc) is 2.92. The zero-order chi connectivity index (χ0) is 15.0. The van der Waals surface area contributed by atoms with Gasteiger partial charge in [-0.2, -0.15) is 0 Å². The summed E-state index contributed by atoms with van der Waals surface area (Å²) >= 11 is 0. The van der Waals surface area contributed by atoms with Crippen LogP contribution in [-0.4, -0.2) is 19.8 Å². The first-order valence-electron chi connectivity index (χ1n) is 7.06. The molecule has 0 unspecified atom stereocenters. The second-order valence-electron chi connectivity index (χ2n) is 5.64. The fraction of sp³-hybridized carbons (Fsp3) is 0.312. The Labute approximate surface area is 122 Å². The molecule has 5 nitrogen and oxygen atoms in total. The summed E-state index contributed by atoms with van der Waals surface area (Å²) in [7, 11) is 0. The van der Waals surface area contributed by atoms with Crippen molar-refractivity contribution in [3.05, 3.63) is 63.2 Å². The summed E-state index contributed by atoms with van der Waals surface area (Å²) in [6, 6.07) is 8.42. The molecule has 0 radical (unpaired) electrons. The van der Waals surface area contributed by atoms with Gasteiger partial charge in [0.25, 0.3) is 0 Å². The number of fused-ring (bicyclic) bond motifs is 1. The van der Waals surface area contributed by atoms with E-state index in [2.05, 4.69) is 53.4 Å². The number of rotatable bonds is 3. The molecular formula is C16H18N4O. The molecule has 0 saturated carbocycles. The van der Waals surface area contributed by atoms with E-state index in [9.17, 15) is 4.79 Å². The Bertz CT molecular complexity index is 828. The van der Waals surface area contributed by atoms with Gasteiger partial charge in [-0.15, -0.1) is 10.2 Å². The number of benzene rings is 1. The van der Waals surface area contributed by atoms with Gasteiger partial charge in [0, 0.05) is 17.7 Å². The van der Waals surface area contributed by atoms with E-state index in [0.29, 0.717) is 18.0 Å². The van der Waals surface area contributed by atoms with Crippen LogP contribution in [0.15, 0.2) is 35.4 Å². The maximum Gasteiger partial charge on any atom is 0.230 e. The van der Waals surface area contributed by atoms with Crippen LogP contribution in [0, 0.1) is 6.92 Å². The monoisotopic (exact) mass is 282 g/mol. The maximum absolute atomic E-state index is 12.4. The molecule has 1 aromatic carbocycles. The first-order valence-corrected chi connectivity index (χ1v) is 7.06. The van der Waals surface area contributed by atoms with E-state index in [1.54, 1.807) is 4.52 Å². The summed E-state index contributed by atoms with van der Waals surface area (Å²) in [5.41, 5.74) is 4.30. The Morgan fingerprint density at radius 1 is 1.24 bits per heavy atom. The predicted octanol–water partition coefficient (Wildman–Crippen LogP) is 2.44. The summed E-state index contributed by atoms with van der Waals surface area (Å²) in [5.74, 6) is 0.511. The van der Waals surface area contributed by atoms with Gasteiger partial charge in [-0.25, -0.2) is 4.52 Å². The van der Waals surface area contributed by atoms with E-state index in [0.717, 1.165) is 16.8 Å². The Balaban J connectivity index is 1.99. The van der Waals surface area contributed by atoms with Gasteiger partial charge >= 0.3 is 0 Å². The molecule has 5 heteroatoms. The lowest BCUT2D eigenvalue weighted by Crippen LogP contribution is -2.17. The summed E-state index contributed by atoms with van der Waals surface area (Å²) in [6.45, 7) is 6.24. The van der Waals surface area contributed by atoms with Crippen LogP contribution in [0.4, 0.5) is 0 Å². The molecule has 2 aromatic heterocycles. The van der Waals surface area contributed by atoms with Crippen LogP contribution in [0.3, 0.4) is 0 Å². The number of aromatic nitrogens is 4. The van der Waals surface area contributed by atoms with Crippen molar-refractivity contribution >= 4 is 5.65 Å². The lowest BCUT2D eigenvalue weighted by Gasteiger charge is -2.09. The smallest absolute Gasteiger partial charge is 0.230 e. The molecule has 0 spiro atoms. The molecule has 3 rings (SSSR count). The van der Waals surface area contributed by atoms with Crippen molar-refractivity contribution in [2.24, 2.45) is 0 Å². The number of hydrogen-bond donors (Lipinski definition) is 1. The predicted molar refractivity (Wildman–Crippen MR) is 81.7 cm³/mol. The maximum atomic E-state index is 12.4. The fourth-order valence-corrected chi connectivity index (χ4v) is 2.46. The number of aryl methyl sites for hydroxylation is 1. The average molecular weight is 282 g/mol. The van der Waals surface area contributed by atoms with Gasteiger partial charge < -0.3 is 0 Å². The SMILES string of the molecule is Cc1[nH]n2cnnc2c(=O)c1Cc1ccc(C(C)C)cc1. The van der Waals surface area contributed by atoms with Crippen LogP contribution in [-0.2, 0) is 6.42 Å². The summed E-state index contributed by atoms with van der Waals surface area (Å²) in [4.78, 5) is 12.4. The first kappa shape index (κ1) is 13.5. The zero-order valence-corrected chi connectivity index (χ0v) is 12.4. The van der Waals surface area contributed by atoms with E-state index >= 15 is 0 Å². The summed E-state index contributed by atoms with van der Waals surface area (Å²) in [5, 5.41) is 10.8. The van der Waals surface area contributed by atoms with E-state index < -0.39 is 0 Å². The topological polar surface area (TPSA) is 63.1 Å². The Morgan fingerprint density at radius 2 is 1.95 bits per heavy atom. The van der Waals surface area contributed by atoms with E-state index in [4.69, 9.17) is 0 Å². The molecule has 0 aliphatic carbocycles. The van der Waals surface area contributed by atoms with Crippen LogP contribution in [0.5, 0.6) is 0 Å². The van der Waals surface area contributed by atoms with Gasteiger partial charge in [-0.1, -0.05) is 38.1 Å². The van der Waals surface area contributed by atoms with Crippen LogP contribution in [0.2, 0.25) is 0 Å². The van der Waals surface area contributed by atoms with Gasteiger partial charge in [0.1, 0.15) is 6.33 Å². The van der Waals surface area contributed by atoms with Crippen LogP contribution >= 0.6 is 0 Å². The minimum Gasteiger partial charge on any atom is -0.295 e. The molecule has 3 aromatic rings. The Kier molecular flexibility index (Phi) is 3.33. The van der Waals surface area contributed by atoms with Gasteiger partial charge in [0.15, 0.2) is 0 Å². The standard InChI is InChI=1S/C16H18N4O/c1-10(2)13-6-4-12(5-7-13)8-14-11(3)19-20-9-17-18-16(20)15(14)21/h4-7,9-10,19H,8H2,1-3H3. The van der Waals surface area contributed by atoms with Crippen molar-refractivity contribution in [3.8, 4) is 0 Å². The lowest BCUT2D eigenvalue weighted by molar-refractivity contribution is 0.859. The second-order valence-corrected chi connectivity index (χ2v) is 5.64. The van der Waals surface area contributed by atoms with Crippen molar-refractivity contribution in [3.63, 3.8) is 0 Å². The van der Waals surface area contributed by atoms with Crippen molar-refractivity contribution in [2.75, 3.05) is 0 Å². The zero-order valence-electron chi connectivity index (χ0n) is 12.4. The lowest BCUT2D eigenvalue weighted by atomic mass is 9.98. The quantitative estimate of drug-likeness (QED) is 0.802. The second kappa shape index (κ2) is 5.16. The Morgan fingerprint density at radius 3 is 2.62 bits per heavy atom. The number of aromatic amines is 1. The number of hydrogen-bond acceptors (Lipinski definition) is 3. The molecule has 0 atom stereocenters. The van der Waals surface area contributed by atoms with Crippen molar-refractivity contribution in [1.29, 1.82) is 0 Å². The summed E-state index contributed by atoms with van der Waals surface area (Å²) < 4.78 is 1.56. The third-order valence-electron chi connectivity index (χ3n) is 3.79. The van der Waals surface area contributed by atoms with Crippen LogP contribution < -0.4 is 5.43 Å². The van der Waals surface area contributed by atoms with Gasteiger partial charge in [-0.05, 0) is 24.0 Å². The number of H-pyrrole nitrogens is 1. The van der Waals surface area contributed by atoms with E-state index in [-0.39, 0.29) is 5.43 Å². The molecule has 2 heterocycles. The molecule has 0 aliphatic rings. The van der Waals surface area contributed by atoms with Gasteiger partial charge in [-0.3, -0.25) is 9.89 Å². The highest BCUT2D eigenvalue weighted by Gasteiger charge is 2.11. The van der Waals surface area contributed by atoms with E-state index in [1.807, 2.05) is 6.92 Å². The normalized spacial score (nSPS) is 11.4. The van der Waals surface area contributed by atoms with Gasteiger partial charge in [0.05, 0.1) is 0 Å². The number of nitrogens with zero attached hydrogens (tertiary/aromatic N) is 3. The molecule has 0 amide bonds. The minimum atomic E-state index is -0.0586. The van der Waals surface area contributed by atoms with Crippen LogP contribution in [0.25, 0.3) is 5.65 Å². The molecular weight excluding hydrogens is 264 g/mol. The first-order chi connectivity index (χ1) is 10.1. The highest BCUT2D eigenvalue weighted by Crippen LogP contribution is 2.16. The molecule has 108 valence electrons. The highest BCUT2D eigenvalue weighted by atomic mass is 16.1. The number of nitrogens with one attached hydrogen (secondary N) is 1. The van der Waals surface area contributed by atoms with Crippen LogP contribution in [0.1, 0.15) is 42.1 Å². The highest BCUT2D eigenvalue weighted by molar-refractivity contribution is 5.42. The molecule has 0 bridgehead atoms. The molecule has 1 N–H and O–H groups in total. The van der Waals surface area contributed by atoms with E-state index in [1.165, 1.54) is 11.9 Å². The summed E-state index contributed by atoms with van der Waals surface area (Å²) in [6.07, 6.45) is 2.11.